The maximum absolute atomic E-state index is 12.9. The van der Waals surface area contributed by atoms with Crippen molar-refractivity contribution in [1.82, 2.24) is 0 Å². The van der Waals surface area contributed by atoms with Gasteiger partial charge in [0.25, 0.3) is 0 Å². The molecule has 0 fully saturated rings. The summed E-state index contributed by atoms with van der Waals surface area (Å²) < 4.78 is 26.6. The summed E-state index contributed by atoms with van der Waals surface area (Å²) in [4.78, 5) is 0. The molecular weight excluding hydrogens is 178 g/mol. The van der Waals surface area contributed by atoms with E-state index in [1.165, 1.54) is 28.8 Å². The summed E-state index contributed by atoms with van der Waals surface area (Å²) in [6, 6.07) is 2.91. The van der Waals surface area contributed by atoms with E-state index in [1.54, 1.807) is 6.92 Å². The second-order valence-corrected chi connectivity index (χ2v) is 3.59. The number of hydrogen-bond acceptors (Lipinski definition) is 1. The molecule has 0 aliphatic carbocycles. The monoisotopic (exact) mass is 184 g/mol. The zero-order chi connectivity index (χ0) is 8.72. The third kappa shape index (κ3) is 1.01. The predicted molar refractivity (Wildman–Crippen MR) is 46.5 cm³/mol. The Kier molecular flexibility index (Phi) is 1.61. The molecule has 2 aromatic rings. The summed E-state index contributed by atoms with van der Waals surface area (Å²) in [6.45, 7) is 1.63. The van der Waals surface area contributed by atoms with Crippen LogP contribution in [0.2, 0.25) is 0 Å². The molecule has 0 radical (unpaired) electrons. The van der Waals surface area contributed by atoms with Crippen LogP contribution in [0, 0.1) is 18.6 Å². The first kappa shape index (κ1) is 7.68. The number of aryl methyl sites for hydroxylation is 1. The maximum Gasteiger partial charge on any atom is 0.141 e. The summed E-state index contributed by atoms with van der Waals surface area (Å²) in [5.41, 5.74) is 0.486. The summed E-state index contributed by atoms with van der Waals surface area (Å²) in [7, 11) is 0. The number of benzene rings is 1. The number of rotatable bonds is 0. The number of halogens is 2. The molecule has 0 unspecified atom stereocenters. The maximum atomic E-state index is 12.9. The molecule has 0 aliphatic rings. The predicted octanol–water partition coefficient (Wildman–Crippen LogP) is 3.49. The highest BCUT2D eigenvalue weighted by Crippen LogP contribution is 2.26. The Morgan fingerprint density at radius 3 is 2.67 bits per heavy atom. The summed E-state index contributed by atoms with van der Waals surface area (Å²) in [5, 5.41) is 1.91. The molecule has 0 atom stereocenters. The Hall–Kier alpha value is -0.960. The van der Waals surface area contributed by atoms with E-state index >= 15 is 0 Å². The second-order valence-electron chi connectivity index (χ2n) is 2.68. The Morgan fingerprint density at radius 2 is 1.92 bits per heavy atom. The van der Waals surface area contributed by atoms with Crippen molar-refractivity contribution in [2.75, 3.05) is 0 Å². The van der Waals surface area contributed by atoms with Gasteiger partial charge in [0.1, 0.15) is 11.6 Å². The third-order valence-electron chi connectivity index (χ3n) is 1.81. The Morgan fingerprint density at radius 1 is 1.17 bits per heavy atom. The van der Waals surface area contributed by atoms with Crippen molar-refractivity contribution < 1.29 is 8.78 Å². The van der Waals surface area contributed by atoms with Crippen molar-refractivity contribution in [3.63, 3.8) is 0 Å². The second kappa shape index (κ2) is 2.52. The number of thiophene rings is 1. The van der Waals surface area contributed by atoms with E-state index in [0.29, 0.717) is 15.6 Å². The quantitative estimate of drug-likeness (QED) is 0.588. The lowest BCUT2D eigenvalue weighted by Crippen LogP contribution is -1.80. The molecule has 62 valence electrons. The Labute approximate surface area is 72.4 Å². The van der Waals surface area contributed by atoms with Crippen LogP contribution < -0.4 is 0 Å². The Bertz CT molecular complexity index is 431. The van der Waals surface area contributed by atoms with Gasteiger partial charge in [0.2, 0.25) is 0 Å². The molecule has 0 saturated carbocycles. The lowest BCUT2D eigenvalue weighted by Gasteiger charge is -1.95. The van der Waals surface area contributed by atoms with Crippen LogP contribution in [0.25, 0.3) is 10.1 Å². The summed E-state index contributed by atoms with van der Waals surface area (Å²) in [5.74, 6) is -0.539. The van der Waals surface area contributed by atoms with Crippen molar-refractivity contribution in [1.29, 1.82) is 0 Å². The van der Waals surface area contributed by atoms with Gasteiger partial charge < -0.3 is 0 Å². The molecule has 2 rings (SSSR count). The van der Waals surface area contributed by atoms with Gasteiger partial charge in [-0.05, 0) is 24.6 Å². The van der Waals surface area contributed by atoms with E-state index in [-0.39, 0.29) is 11.6 Å². The van der Waals surface area contributed by atoms with Gasteiger partial charge in [-0.15, -0.1) is 11.3 Å². The number of hydrogen-bond donors (Lipinski definition) is 0. The van der Waals surface area contributed by atoms with Gasteiger partial charge in [0.05, 0.1) is 0 Å². The largest absolute Gasteiger partial charge is 0.207 e. The van der Waals surface area contributed by atoms with Gasteiger partial charge >= 0.3 is 0 Å². The van der Waals surface area contributed by atoms with E-state index in [9.17, 15) is 8.78 Å². The van der Waals surface area contributed by atoms with Gasteiger partial charge in [0.15, 0.2) is 0 Å². The van der Waals surface area contributed by atoms with Crippen LogP contribution in [-0.4, -0.2) is 0 Å². The standard InChI is InChI=1S/C9H6F2S/c1-5-2-6-8(11)4-12-9(6)3-7(5)10/h2-4H,1H3. The van der Waals surface area contributed by atoms with Crippen LogP contribution in [0.15, 0.2) is 17.5 Å². The molecule has 1 heterocycles. The van der Waals surface area contributed by atoms with E-state index < -0.39 is 0 Å². The number of fused-ring (bicyclic) bond motifs is 1. The first-order valence-electron chi connectivity index (χ1n) is 3.51. The zero-order valence-corrected chi connectivity index (χ0v) is 7.21. The van der Waals surface area contributed by atoms with Crippen molar-refractivity contribution >= 4 is 21.4 Å². The highest BCUT2D eigenvalue weighted by Gasteiger charge is 2.06. The van der Waals surface area contributed by atoms with Gasteiger partial charge in [0, 0.05) is 15.5 Å². The molecule has 1 aromatic carbocycles. The molecule has 0 nitrogen and oxygen atoms in total. The molecular formula is C9H6F2S. The van der Waals surface area contributed by atoms with Crippen molar-refractivity contribution in [3.8, 4) is 0 Å². The average Bonchev–Trinajstić information content (AvgIpc) is 2.35. The first-order chi connectivity index (χ1) is 5.68. The van der Waals surface area contributed by atoms with E-state index in [2.05, 4.69) is 0 Å². The fourth-order valence-corrected chi connectivity index (χ4v) is 1.94. The summed E-state index contributed by atoms with van der Waals surface area (Å²) in [6.07, 6.45) is 0. The fourth-order valence-electron chi connectivity index (χ4n) is 1.13. The van der Waals surface area contributed by atoms with E-state index in [0.717, 1.165) is 0 Å². The van der Waals surface area contributed by atoms with Gasteiger partial charge in [-0.3, -0.25) is 0 Å². The molecule has 0 N–H and O–H groups in total. The SMILES string of the molecule is Cc1cc2c(F)csc2cc1F. The molecule has 0 spiro atoms. The van der Waals surface area contributed by atoms with Gasteiger partial charge in [-0.25, -0.2) is 8.78 Å². The minimum absolute atomic E-state index is 0.266. The lowest BCUT2D eigenvalue weighted by atomic mass is 10.2. The average molecular weight is 184 g/mol. The molecule has 0 saturated heterocycles. The zero-order valence-electron chi connectivity index (χ0n) is 6.40. The highest BCUT2D eigenvalue weighted by atomic mass is 32.1. The topological polar surface area (TPSA) is 0 Å². The van der Waals surface area contributed by atoms with Crippen LogP contribution in [0.4, 0.5) is 8.78 Å². The first-order valence-corrected chi connectivity index (χ1v) is 4.39. The van der Waals surface area contributed by atoms with E-state index in [4.69, 9.17) is 0 Å². The minimum atomic E-state index is -0.274. The van der Waals surface area contributed by atoms with Crippen LogP contribution >= 0.6 is 11.3 Å². The molecule has 3 heteroatoms. The molecule has 0 amide bonds. The van der Waals surface area contributed by atoms with Crippen LogP contribution in [-0.2, 0) is 0 Å². The van der Waals surface area contributed by atoms with E-state index in [1.807, 2.05) is 0 Å². The molecule has 0 aliphatic heterocycles. The molecule has 12 heavy (non-hydrogen) atoms. The summed E-state index contributed by atoms with van der Waals surface area (Å²) >= 11 is 1.22. The van der Waals surface area contributed by atoms with Crippen LogP contribution in [0.1, 0.15) is 5.56 Å². The molecule has 1 aromatic heterocycles. The van der Waals surface area contributed by atoms with Gasteiger partial charge in [-0.1, -0.05) is 0 Å². The van der Waals surface area contributed by atoms with Crippen molar-refractivity contribution in [2.45, 2.75) is 6.92 Å². The normalized spacial score (nSPS) is 10.9. The highest BCUT2D eigenvalue weighted by molar-refractivity contribution is 7.17. The minimum Gasteiger partial charge on any atom is -0.207 e. The van der Waals surface area contributed by atoms with Crippen LogP contribution in [0.5, 0.6) is 0 Å². The third-order valence-corrected chi connectivity index (χ3v) is 2.72. The smallest absolute Gasteiger partial charge is 0.141 e. The molecule has 0 bridgehead atoms. The van der Waals surface area contributed by atoms with Crippen molar-refractivity contribution in [3.05, 3.63) is 34.7 Å². The fraction of sp³-hybridized carbons (Fsp3) is 0.111. The lowest BCUT2D eigenvalue weighted by molar-refractivity contribution is 0.619. The van der Waals surface area contributed by atoms with Crippen LogP contribution in [0.3, 0.4) is 0 Å². The Balaban J connectivity index is 2.87. The van der Waals surface area contributed by atoms with Gasteiger partial charge in [-0.2, -0.15) is 0 Å². The van der Waals surface area contributed by atoms with Crippen molar-refractivity contribution in [2.24, 2.45) is 0 Å².